The monoisotopic (exact) mass is 807 g/mol. The maximum atomic E-state index is 12.7. The molecule has 0 radical (unpaired) electrons. The van der Waals surface area contributed by atoms with E-state index in [0.717, 1.165) is 51.4 Å². The summed E-state index contributed by atoms with van der Waals surface area (Å²) in [4.78, 5) is 12.7. The Labute approximate surface area is 333 Å². The van der Waals surface area contributed by atoms with Gasteiger partial charge in [-0.05, 0) is 44.9 Å². The number of carbonyl (C=O) groups is 1. The number of hydrogen-bond donors (Lipinski definition) is 4. The summed E-state index contributed by atoms with van der Waals surface area (Å²) in [6.07, 6.45) is 28.0. The van der Waals surface area contributed by atoms with Gasteiger partial charge in [-0.25, -0.2) is 4.18 Å². The van der Waals surface area contributed by atoms with Gasteiger partial charge >= 0.3 is 16.4 Å². The van der Waals surface area contributed by atoms with Gasteiger partial charge in [-0.15, -0.1) is 0 Å². The lowest BCUT2D eigenvalue weighted by molar-refractivity contribution is -0.301. The van der Waals surface area contributed by atoms with Crippen LogP contribution < -0.4 is 0 Å². The van der Waals surface area contributed by atoms with Gasteiger partial charge in [0.25, 0.3) is 0 Å². The van der Waals surface area contributed by atoms with Gasteiger partial charge in [0.1, 0.15) is 30.5 Å². The van der Waals surface area contributed by atoms with E-state index < -0.39 is 59.8 Å². The lowest BCUT2D eigenvalue weighted by Gasteiger charge is -2.41. The molecule has 6 atom stereocenters. The first-order valence-electron chi connectivity index (χ1n) is 21.6. The van der Waals surface area contributed by atoms with E-state index in [-0.39, 0.29) is 19.6 Å². The van der Waals surface area contributed by atoms with E-state index in [1.165, 1.54) is 96.3 Å². The van der Waals surface area contributed by atoms with Crippen LogP contribution in [0.5, 0.6) is 0 Å². The van der Waals surface area contributed by atoms with E-state index in [2.05, 4.69) is 42.3 Å². The van der Waals surface area contributed by atoms with E-state index in [9.17, 15) is 28.5 Å². The number of hydrogen-bond acceptors (Lipinski definition) is 11. The van der Waals surface area contributed by atoms with Gasteiger partial charge < -0.3 is 34.3 Å². The summed E-state index contributed by atoms with van der Waals surface area (Å²) in [6.45, 7) is 3.93. The third-order valence-electron chi connectivity index (χ3n) is 9.83. The highest BCUT2D eigenvalue weighted by molar-refractivity contribution is 7.80. The normalized spacial score (nSPS) is 21.2. The summed E-state index contributed by atoms with van der Waals surface area (Å²) in [6, 6.07) is 0. The van der Waals surface area contributed by atoms with Gasteiger partial charge in [0.2, 0.25) is 0 Å². The van der Waals surface area contributed by atoms with Crippen molar-refractivity contribution in [1.82, 2.24) is 0 Å². The van der Waals surface area contributed by atoms with Crippen molar-refractivity contribution >= 4 is 16.4 Å². The second kappa shape index (κ2) is 34.6. The number of unbranched alkanes of at least 4 members (excludes halogenated alkanes) is 20. The Hall–Kier alpha value is -1.42. The summed E-state index contributed by atoms with van der Waals surface area (Å²) in [5, 5.41) is 30.6. The third kappa shape index (κ3) is 28.6. The van der Waals surface area contributed by atoms with Gasteiger partial charge in [-0.2, -0.15) is 8.42 Å². The lowest BCUT2D eigenvalue weighted by Crippen LogP contribution is -2.60. The zero-order valence-corrected chi connectivity index (χ0v) is 35.1. The van der Waals surface area contributed by atoms with Crippen molar-refractivity contribution < 1.29 is 56.2 Å². The van der Waals surface area contributed by atoms with Crippen molar-refractivity contribution in [2.45, 2.75) is 211 Å². The molecule has 0 aromatic heterocycles. The fourth-order valence-electron chi connectivity index (χ4n) is 6.53. The highest BCUT2D eigenvalue weighted by Gasteiger charge is 2.48. The summed E-state index contributed by atoms with van der Waals surface area (Å²) < 4.78 is 58.9. The topological polar surface area (TPSA) is 178 Å². The molecule has 0 saturated carbocycles. The van der Waals surface area contributed by atoms with E-state index in [0.29, 0.717) is 13.0 Å². The molecule has 6 unspecified atom stereocenters. The van der Waals surface area contributed by atoms with Crippen LogP contribution in [-0.4, -0.2) is 97.5 Å². The molecule has 0 aromatic carbocycles. The number of ether oxygens (including phenoxy) is 4. The molecule has 1 aliphatic heterocycles. The Balaban J connectivity index is 2.40. The zero-order chi connectivity index (χ0) is 40.4. The minimum atomic E-state index is -5.06. The molecule has 0 aliphatic carbocycles. The number of rotatable bonds is 37. The molecule has 0 spiro atoms. The molecule has 324 valence electrons. The molecule has 0 aromatic rings. The van der Waals surface area contributed by atoms with Crippen LogP contribution in [0.25, 0.3) is 0 Å². The highest BCUT2D eigenvalue weighted by Crippen LogP contribution is 2.26. The first-order chi connectivity index (χ1) is 26.6. The second-order valence-electron chi connectivity index (χ2n) is 14.9. The minimum absolute atomic E-state index is 0.0348. The molecule has 0 bridgehead atoms. The van der Waals surface area contributed by atoms with Crippen molar-refractivity contribution in [2.75, 3.05) is 26.4 Å². The summed E-state index contributed by atoms with van der Waals surface area (Å²) in [5.41, 5.74) is 0. The number of esters is 1. The van der Waals surface area contributed by atoms with Gasteiger partial charge in [-0.1, -0.05) is 147 Å². The Kier molecular flexibility index (Phi) is 32.5. The smallest absolute Gasteiger partial charge is 0.397 e. The van der Waals surface area contributed by atoms with Crippen molar-refractivity contribution in [2.24, 2.45) is 0 Å². The average molecular weight is 807 g/mol. The summed E-state index contributed by atoms with van der Waals surface area (Å²) in [7, 11) is -5.06. The molecule has 12 nitrogen and oxygen atoms in total. The van der Waals surface area contributed by atoms with Crippen LogP contribution >= 0.6 is 0 Å². The van der Waals surface area contributed by atoms with Crippen LogP contribution in [0.3, 0.4) is 0 Å². The maximum Gasteiger partial charge on any atom is 0.397 e. The zero-order valence-electron chi connectivity index (χ0n) is 34.2. The predicted octanol–water partition coefficient (Wildman–Crippen LogP) is 8.46. The highest BCUT2D eigenvalue weighted by atomic mass is 32.3. The van der Waals surface area contributed by atoms with Gasteiger partial charge in [0.05, 0.1) is 19.8 Å². The Morgan fingerprint density at radius 2 is 1.20 bits per heavy atom. The van der Waals surface area contributed by atoms with Crippen LogP contribution in [0.2, 0.25) is 0 Å². The minimum Gasteiger partial charge on any atom is -0.457 e. The number of carbonyl (C=O) groups excluding carboxylic acids is 1. The molecule has 1 rings (SSSR count). The van der Waals surface area contributed by atoms with Crippen LogP contribution in [0, 0.1) is 0 Å². The molecule has 0 amide bonds. The lowest BCUT2D eigenvalue weighted by atomic mass is 9.99. The number of allylic oxidation sites excluding steroid dienone is 4. The Morgan fingerprint density at radius 1 is 0.691 bits per heavy atom. The fraction of sp³-hybridized carbons (Fsp3) is 0.881. The van der Waals surface area contributed by atoms with Gasteiger partial charge in [0, 0.05) is 13.0 Å². The quantitative estimate of drug-likeness (QED) is 0.0204. The molecule has 13 heteroatoms. The Bertz CT molecular complexity index is 1070. The van der Waals surface area contributed by atoms with Crippen LogP contribution in [0.15, 0.2) is 24.3 Å². The second-order valence-corrected chi connectivity index (χ2v) is 16.0. The molecular weight excluding hydrogens is 729 g/mol. The maximum absolute atomic E-state index is 12.7. The first-order valence-corrected chi connectivity index (χ1v) is 23.0. The van der Waals surface area contributed by atoms with Crippen molar-refractivity contribution in [1.29, 1.82) is 0 Å². The number of aliphatic hydroxyl groups is 3. The van der Waals surface area contributed by atoms with Crippen molar-refractivity contribution in [3.05, 3.63) is 24.3 Å². The van der Waals surface area contributed by atoms with E-state index in [1.807, 2.05) is 0 Å². The average Bonchev–Trinajstić information content (AvgIpc) is 3.15. The number of aliphatic hydroxyl groups excluding tert-OH is 3. The summed E-state index contributed by atoms with van der Waals surface area (Å²) in [5.74, 6) is -0.404. The van der Waals surface area contributed by atoms with Crippen LogP contribution in [0.4, 0.5) is 0 Å². The molecular formula is C42H78O12S. The van der Waals surface area contributed by atoms with E-state index in [1.54, 1.807) is 0 Å². The van der Waals surface area contributed by atoms with Gasteiger partial charge in [0.15, 0.2) is 6.29 Å². The van der Waals surface area contributed by atoms with Crippen molar-refractivity contribution in [3.63, 3.8) is 0 Å². The van der Waals surface area contributed by atoms with Crippen LogP contribution in [-0.2, 0) is 38.3 Å². The molecule has 1 saturated heterocycles. The SMILES string of the molecule is CCCCCC/C=C\C/C=C\CCCCCCCCCCOCC(COC1OC(CO)C(O)C(OS(=O)(=O)O)C1O)OC(=O)CCCCCCCCCCC. The Morgan fingerprint density at radius 3 is 1.75 bits per heavy atom. The largest absolute Gasteiger partial charge is 0.457 e. The third-order valence-corrected chi connectivity index (χ3v) is 10.3. The van der Waals surface area contributed by atoms with E-state index >= 15 is 0 Å². The van der Waals surface area contributed by atoms with E-state index in [4.69, 9.17) is 23.5 Å². The summed E-state index contributed by atoms with van der Waals surface area (Å²) >= 11 is 0. The van der Waals surface area contributed by atoms with Gasteiger partial charge in [-0.3, -0.25) is 9.35 Å². The molecule has 1 heterocycles. The molecule has 4 N–H and O–H groups in total. The molecule has 1 aliphatic rings. The predicted molar refractivity (Wildman–Crippen MR) is 216 cm³/mol. The standard InChI is InChI=1S/C42H78O12S/c1-3-5-7-9-11-13-14-15-16-17-18-19-20-21-22-24-26-28-30-32-50-34-36(52-38(44)31-29-27-25-23-12-10-8-6-4-2)35-51-42-40(46)41(54-55(47,48)49)39(45)37(33-43)53-42/h13-14,16-17,36-37,39-43,45-46H,3-12,15,18-35H2,1-2H3,(H,47,48,49)/b14-13-,17-16-. The van der Waals surface area contributed by atoms with Crippen LogP contribution in [0.1, 0.15) is 174 Å². The molecule has 55 heavy (non-hydrogen) atoms. The first kappa shape index (κ1) is 51.6. The molecule has 1 fully saturated rings. The fourth-order valence-corrected chi connectivity index (χ4v) is 7.03. The van der Waals surface area contributed by atoms with Crippen molar-refractivity contribution in [3.8, 4) is 0 Å².